The van der Waals surface area contributed by atoms with Crippen LogP contribution in [0.4, 0.5) is 0 Å². The summed E-state index contributed by atoms with van der Waals surface area (Å²) in [5, 5.41) is 66.0. The molecule has 4 saturated carbocycles. The average Bonchev–Trinajstić information content (AvgIpc) is 3.62. The van der Waals surface area contributed by atoms with Gasteiger partial charge in [-0.1, -0.05) is 13.8 Å². The summed E-state index contributed by atoms with van der Waals surface area (Å²) in [7, 11) is 1.35. The minimum Gasteiger partial charge on any atom is -0.458 e. The van der Waals surface area contributed by atoms with Gasteiger partial charge in [-0.05, 0) is 99.4 Å². The van der Waals surface area contributed by atoms with Crippen LogP contribution >= 0.6 is 0 Å². The number of esters is 1. The van der Waals surface area contributed by atoms with E-state index in [9.17, 15) is 35.4 Å². The molecule has 0 amide bonds. The lowest BCUT2D eigenvalue weighted by Gasteiger charge is -2.64. The van der Waals surface area contributed by atoms with E-state index in [4.69, 9.17) is 28.4 Å². The van der Waals surface area contributed by atoms with Crippen LogP contribution in [0.1, 0.15) is 78.6 Å². The van der Waals surface area contributed by atoms with Gasteiger partial charge in [-0.3, -0.25) is 0 Å². The lowest BCUT2D eigenvalue weighted by atomic mass is 9.43. The van der Waals surface area contributed by atoms with Crippen molar-refractivity contribution < 1.29 is 63.9 Å². The lowest BCUT2D eigenvalue weighted by molar-refractivity contribution is -0.362. The van der Waals surface area contributed by atoms with Gasteiger partial charge in [-0.25, -0.2) is 4.79 Å². The minimum atomic E-state index is -1.52. The second-order valence-electron chi connectivity index (χ2n) is 16.5. The molecule has 6 fully saturated rings. The highest BCUT2D eigenvalue weighted by molar-refractivity contribution is 5.85. The van der Waals surface area contributed by atoms with E-state index in [2.05, 4.69) is 13.8 Å². The van der Waals surface area contributed by atoms with Crippen molar-refractivity contribution in [3.8, 4) is 0 Å². The van der Waals surface area contributed by atoms with E-state index in [1.807, 2.05) is 0 Å². The standard InChI is InChI=1S/C36H56O13/c1-17-26(39)31(44-4)29(42)33(46-17)49-30-24(15-37)48-32(28(41)27(30)40)47-20-7-10-34(2)19(14-20)5-6-23-22(34)8-11-35(3)21(9-12-36(23,35)43)18-13-25(38)45-16-18/h13,17,19-24,26-33,37,39-43H,5-12,14-16H2,1-4H3. The molecule has 18 atom stereocenters. The van der Waals surface area contributed by atoms with Gasteiger partial charge >= 0.3 is 5.97 Å². The number of fused-ring (bicyclic) bond motifs is 5. The summed E-state index contributed by atoms with van der Waals surface area (Å²) in [5.74, 6) is 0.789. The molecule has 0 aromatic rings. The van der Waals surface area contributed by atoms with Crippen LogP contribution in [0.5, 0.6) is 0 Å². The Morgan fingerprint density at radius 3 is 2.31 bits per heavy atom. The fraction of sp³-hybridized carbons (Fsp3) is 0.917. The summed E-state index contributed by atoms with van der Waals surface area (Å²) in [6.07, 6.45) is -2.84. The summed E-state index contributed by atoms with van der Waals surface area (Å²) < 4.78 is 34.4. The SMILES string of the molecule is COC1C(O)C(C)OC(OC2C(CO)OC(OC3CCC4(C)C(CCC5C4CCC4(C)C(C6=CC(=O)OC6)CCC54O)C3)C(O)C2O)C1O. The number of ether oxygens (including phenoxy) is 6. The van der Waals surface area contributed by atoms with E-state index in [0.29, 0.717) is 18.4 Å². The van der Waals surface area contributed by atoms with Crippen LogP contribution in [-0.4, -0.2) is 130 Å². The Morgan fingerprint density at radius 2 is 1.61 bits per heavy atom. The molecule has 0 aromatic heterocycles. The molecule has 13 heteroatoms. The molecule has 0 bridgehead atoms. The summed E-state index contributed by atoms with van der Waals surface area (Å²) in [6, 6.07) is 0. The molecule has 278 valence electrons. The third-order valence-electron chi connectivity index (χ3n) is 14.4. The maximum absolute atomic E-state index is 12.5. The van der Waals surface area contributed by atoms with Gasteiger partial charge < -0.3 is 59.1 Å². The number of carbonyl (C=O) groups excluding carboxylic acids is 1. The van der Waals surface area contributed by atoms with Crippen LogP contribution in [0.25, 0.3) is 0 Å². The van der Waals surface area contributed by atoms with Crippen molar-refractivity contribution in [1.82, 2.24) is 0 Å². The monoisotopic (exact) mass is 696 g/mol. The van der Waals surface area contributed by atoms with Crippen molar-refractivity contribution in [1.29, 1.82) is 0 Å². The molecular formula is C36H56O13. The van der Waals surface area contributed by atoms with Crippen LogP contribution in [0.2, 0.25) is 0 Å². The number of hydrogen-bond acceptors (Lipinski definition) is 13. The fourth-order valence-corrected chi connectivity index (χ4v) is 11.6. The Hall–Kier alpha value is -1.23. The van der Waals surface area contributed by atoms with Gasteiger partial charge in [0.2, 0.25) is 0 Å². The zero-order valence-electron chi connectivity index (χ0n) is 29.1. The van der Waals surface area contributed by atoms with Gasteiger partial charge in [-0.2, -0.15) is 0 Å². The third kappa shape index (κ3) is 5.74. The van der Waals surface area contributed by atoms with Crippen molar-refractivity contribution in [2.24, 2.45) is 34.5 Å². The predicted molar refractivity (Wildman–Crippen MR) is 170 cm³/mol. The first-order chi connectivity index (χ1) is 23.3. The molecule has 4 aliphatic carbocycles. The van der Waals surface area contributed by atoms with Crippen molar-refractivity contribution >= 4 is 5.97 Å². The molecule has 13 nitrogen and oxygen atoms in total. The molecule has 0 spiro atoms. The first kappa shape index (κ1) is 36.1. The Balaban J connectivity index is 0.990. The van der Waals surface area contributed by atoms with E-state index in [0.717, 1.165) is 63.4 Å². The Kier molecular flexibility index (Phi) is 9.82. The van der Waals surface area contributed by atoms with E-state index in [1.54, 1.807) is 13.0 Å². The van der Waals surface area contributed by atoms with Gasteiger partial charge in [0.25, 0.3) is 0 Å². The number of hydrogen-bond donors (Lipinski definition) is 6. The number of aliphatic hydroxyl groups excluding tert-OH is 5. The molecule has 18 unspecified atom stereocenters. The van der Waals surface area contributed by atoms with Crippen molar-refractivity contribution in [3.05, 3.63) is 11.6 Å². The second-order valence-corrected chi connectivity index (χ2v) is 16.5. The topological polar surface area (TPSA) is 194 Å². The van der Waals surface area contributed by atoms with Gasteiger partial charge in [0, 0.05) is 18.6 Å². The largest absolute Gasteiger partial charge is 0.458 e. The molecule has 7 aliphatic rings. The van der Waals surface area contributed by atoms with E-state index >= 15 is 0 Å². The molecular weight excluding hydrogens is 640 g/mol. The Morgan fingerprint density at radius 1 is 0.857 bits per heavy atom. The highest BCUT2D eigenvalue weighted by Gasteiger charge is 2.68. The highest BCUT2D eigenvalue weighted by Crippen LogP contribution is 2.70. The molecule has 0 radical (unpaired) electrons. The average molecular weight is 697 g/mol. The molecule has 2 saturated heterocycles. The van der Waals surface area contributed by atoms with Crippen molar-refractivity contribution in [3.63, 3.8) is 0 Å². The summed E-state index contributed by atoms with van der Waals surface area (Å²) in [4.78, 5) is 11.9. The number of methoxy groups -OCH3 is 1. The van der Waals surface area contributed by atoms with E-state index in [1.165, 1.54) is 7.11 Å². The normalized spacial score (nSPS) is 54.4. The maximum atomic E-state index is 12.5. The van der Waals surface area contributed by atoms with Crippen molar-refractivity contribution in [2.45, 2.75) is 152 Å². The van der Waals surface area contributed by atoms with Gasteiger partial charge in [0.15, 0.2) is 12.6 Å². The number of cyclic esters (lactones) is 1. The minimum absolute atomic E-state index is 0.0212. The van der Waals surface area contributed by atoms with E-state index < -0.39 is 73.6 Å². The van der Waals surface area contributed by atoms with E-state index in [-0.39, 0.29) is 34.7 Å². The molecule has 3 heterocycles. The summed E-state index contributed by atoms with van der Waals surface area (Å²) >= 11 is 0. The molecule has 49 heavy (non-hydrogen) atoms. The van der Waals surface area contributed by atoms with Crippen LogP contribution in [-0.2, 0) is 33.2 Å². The lowest BCUT2D eigenvalue weighted by Crippen LogP contribution is -2.65. The maximum Gasteiger partial charge on any atom is 0.331 e. The molecule has 6 N–H and O–H groups in total. The number of carbonyl (C=O) groups is 1. The zero-order chi connectivity index (χ0) is 35.0. The summed E-state index contributed by atoms with van der Waals surface area (Å²) in [5.41, 5.74) is -0.0206. The predicted octanol–water partition coefficient (Wildman–Crippen LogP) is 0.934. The first-order valence-electron chi connectivity index (χ1n) is 18.3. The second kappa shape index (κ2) is 13.3. The smallest absolute Gasteiger partial charge is 0.331 e. The fourth-order valence-electron chi connectivity index (χ4n) is 11.6. The molecule has 0 aromatic carbocycles. The van der Waals surface area contributed by atoms with Crippen LogP contribution in [0.15, 0.2) is 11.6 Å². The zero-order valence-corrected chi connectivity index (χ0v) is 29.1. The first-order valence-corrected chi connectivity index (χ1v) is 18.3. The number of aliphatic hydroxyl groups is 6. The van der Waals surface area contributed by atoms with Gasteiger partial charge in [0.1, 0.15) is 49.3 Å². The van der Waals surface area contributed by atoms with Crippen LogP contribution < -0.4 is 0 Å². The van der Waals surface area contributed by atoms with Crippen molar-refractivity contribution in [2.75, 3.05) is 20.3 Å². The van der Waals surface area contributed by atoms with Gasteiger partial charge in [-0.15, -0.1) is 0 Å². The quantitative estimate of drug-likeness (QED) is 0.163. The molecule has 3 aliphatic heterocycles. The Bertz CT molecular complexity index is 1260. The summed E-state index contributed by atoms with van der Waals surface area (Å²) in [6.45, 7) is 6.01. The van der Waals surface area contributed by atoms with Crippen LogP contribution in [0, 0.1) is 34.5 Å². The Labute approximate surface area is 287 Å². The van der Waals surface area contributed by atoms with Crippen LogP contribution in [0.3, 0.4) is 0 Å². The number of rotatable bonds is 7. The highest BCUT2D eigenvalue weighted by atomic mass is 16.7. The third-order valence-corrected chi connectivity index (χ3v) is 14.4. The molecule has 7 rings (SSSR count). The van der Waals surface area contributed by atoms with Gasteiger partial charge in [0.05, 0.1) is 24.4 Å².